The summed E-state index contributed by atoms with van der Waals surface area (Å²) in [6, 6.07) is 12.0. The Balaban J connectivity index is 1.95. The fourth-order valence-corrected chi connectivity index (χ4v) is 5.06. The van der Waals surface area contributed by atoms with Crippen LogP contribution in [0.15, 0.2) is 51.7 Å². The number of fused-ring (bicyclic) bond motifs is 5. The van der Waals surface area contributed by atoms with Crippen LogP contribution < -0.4 is 10.3 Å². The highest BCUT2D eigenvalue weighted by Crippen LogP contribution is 2.52. The number of anilines is 1. The van der Waals surface area contributed by atoms with Crippen molar-refractivity contribution in [2.75, 3.05) is 18.0 Å². The standard InChI is InChI=1S/C24H21ClN2O4/c1-4-26-17-8-6-5-7-16(17)24(23(26)30)19-20(28)15-11-14(25)9-10-18(15)31-21(19)22(29)27(24)12-13(2)3/h5-11,13H,4,12H2,1-3H3. The molecular weight excluding hydrogens is 416 g/mol. The van der Waals surface area contributed by atoms with Gasteiger partial charge in [0.2, 0.25) is 5.76 Å². The predicted molar refractivity (Wildman–Crippen MR) is 119 cm³/mol. The summed E-state index contributed by atoms with van der Waals surface area (Å²) < 4.78 is 5.96. The smallest absolute Gasteiger partial charge is 0.291 e. The summed E-state index contributed by atoms with van der Waals surface area (Å²) in [6.07, 6.45) is 0. The second kappa shape index (κ2) is 6.69. The zero-order chi connectivity index (χ0) is 22.1. The first kappa shape index (κ1) is 19.8. The van der Waals surface area contributed by atoms with Gasteiger partial charge in [0.25, 0.3) is 11.8 Å². The van der Waals surface area contributed by atoms with Crippen molar-refractivity contribution in [2.45, 2.75) is 26.3 Å². The average molecular weight is 437 g/mol. The van der Waals surface area contributed by atoms with Crippen molar-refractivity contribution in [2.24, 2.45) is 5.92 Å². The highest BCUT2D eigenvalue weighted by Gasteiger charge is 2.64. The highest BCUT2D eigenvalue weighted by atomic mass is 35.5. The van der Waals surface area contributed by atoms with Gasteiger partial charge in [-0.05, 0) is 37.1 Å². The van der Waals surface area contributed by atoms with Crippen LogP contribution in [0.1, 0.15) is 42.5 Å². The maximum Gasteiger partial charge on any atom is 0.291 e. The van der Waals surface area contributed by atoms with Gasteiger partial charge in [-0.1, -0.05) is 43.6 Å². The van der Waals surface area contributed by atoms with Crippen LogP contribution in [0.25, 0.3) is 11.0 Å². The minimum Gasteiger partial charge on any atom is -0.450 e. The first-order valence-corrected chi connectivity index (χ1v) is 10.7. The van der Waals surface area contributed by atoms with Crippen molar-refractivity contribution < 1.29 is 14.0 Å². The Morgan fingerprint density at radius 1 is 1.10 bits per heavy atom. The monoisotopic (exact) mass is 436 g/mol. The molecule has 6 nitrogen and oxygen atoms in total. The van der Waals surface area contributed by atoms with Crippen LogP contribution in [-0.4, -0.2) is 29.8 Å². The Morgan fingerprint density at radius 2 is 1.84 bits per heavy atom. The van der Waals surface area contributed by atoms with Gasteiger partial charge in [0.1, 0.15) is 5.58 Å². The summed E-state index contributed by atoms with van der Waals surface area (Å²) in [4.78, 5) is 44.5. The van der Waals surface area contributed by atoms with Gasteiger partial charge in [-0.2, -0.15) is 0 Å². The van der Waals surface area contributed by atoms with Crippen LogP contribution in [0, 0.1) is 5.92 Å². The summed E-state index contributed by atoms with van der Waals surface area (Å²) in [5, 5.41) is 0.635. The van der Waals surface area contributed by atoms with E-state index in [1.165, 1.54) is 11.0 Å². The largest absolute Gasteiger partial charge is 0.450 e. The molecule has 2 aliphatic heterocycles. The molecule has 0 fully saturated rings. The maximum absolute atomic E-state index is 14.0. The Kier molecular flexibility index (Phi) is 4.28. The Morgan fingerprint density at radius 3 is 2.55 bits per heavy atom. The molecular formula is C24H21ClN2O4. The summed E-state index contributed by atoms with van der Waals surface area (Å²) in [5.41, 5.74) is -0.256. The van der Waals surface area contributed by atoms with E-state index in [0.717, 1.165) is 0 Å². The number of halogens is 1. The molecule has 0 saturated heterocycles. The number of benzene rings is 2. The van der Waals surface area contributed by atoms with Crippen molar-refractivity contribution in [3.05, 3.63) is 74.6 Å². The molecule has 3 aromatic rings. The molecule has 5 rings (SSSR count). The van der Waals surface area contributed by atoms with Gasteiger partial charge in [-0.25, -0.2) is 0 Å². The number of para-hydroxylation sites is 1. The molecule has 2 aliphatic rings. The van der Waals surface area contributed by atoms with E-state index in [0.29, 0.717) is 29.4 Å². The minimum absolute atomic E-state index is 0.0680. The number of rotatable bonds is 3. The Bertz CT molecular complexity index is 1330. The van der Waals surface area contributed by atoms with Crippen molar-refractivity contribution in [3.63, 3.8) is 0 Å². The minimum atomic E-state index is -1.54. The Labute approximate surface area is 184 Å². The third kappa shape index (κ3) is 2.42. The molecule has 0 radical (unpaired) electrons. The number of carbonyl (C=O) groups is 2. The second-order valence-corrected chi connectivity index (χ2v) is 8.80. The van der Waals surface area contributed by atoms with Gasteiger partial charge in [-0.15, -0.1) is 0 Å². The zero-order valence-electron chi connectivity index (χ0n) is 17.4. The van der Waals surface area contributed by atoms with Crippen LogP contribution in [0.4, 0.5) is 5.69 Å². The summed E-state index contributed by atoms with van der Waals surface area (Å²) in [6.45, 7) is 6.54. The van der Waals surface area contributed by atoms with Gasteiger partial charge in [0.05, 0.1) is 16.6 Å². The van der Waals surface area contributed by atoms with Crippen molar-refractivity contribution in [1.82, 2.24) is 4.90 Å². The highest BCUT2D eigenvalue weighted by molar-refractivity contribution is 6.31. The molecule has 7 heteroatoms. The Hall–Kier alpha value is -3.12. The summed E-state index contributed by atoms with van der Waals surface area (Å²) >= 11 is 6.14. The SMILES string of the molecule is CCN1C(=O)C2(c3ccccc31)c1c(oc3ccc(Cl)cc3c1=O)C(=O)N2CC(C)C. The number of hydrogen-bond donors (Lipinski definition) is 0. The molecule has 158 valence electrons. The van der Waals surface area contributed by atoms with E-state index in [1.807, 2.05) is 45.0 Å². The molecule has 31 heavy (non-hydrogen) atoms. The normalized spacial score (nSPS) is 19.8. The van der Waals surface area contributed by atoms with Gasteiger partial charge in [0.15, 0.2) is 11.0 Å². The number of likely N-dealkylation sites (N-methyl/N-ethyl adjacent to an activating group) is 1. The van der Waals surface area contributed by atoms with Crippen LogP contribution in [0.3, 0.4) is 0 Å². The second-order valence-electron chi connectivity index (χ2n) is 8.36. The third-order valence-electron chi connectivity index (χ3n) is 6.06. The van der Waals surface area contributed by atoms with Crippen molar-refractivity contribution >= 4 is 40.1 Å². The van der Waals surface area contributed by atoms with Gasteiger partial charge in [-0.3, -0.25) is 14.4 Å². The number of amides is 2. The molecule has 1 spiro atoms. The molecule has 0 bridgehead atoms. The molecule has 1 unspecified atom stereocenters. The van der Waals surface area contributed by atoms with E-state index < -0.39 is 16.9 Å². The maximum atomic E-state index is 14.0. The topological polar surface area (TPSA) is 70.8 Å². The zero-order valence-corrected chi connectivity index (χ0v) is 18.2. The summed E-state index contributed by atoms with van der Waals surface area (Å²) in [7, 11) is 0. The lowest BCUT2D eigenvalue weighted by atomic mass is 9.83. The lowest BCUT2D eigenvalue weighted by Gasteiger charge is -2.35. The van der Waals surface area contributed by atoms with Crippen LogP contribution in [0.2, 0.25) is 5.02 Å². The van der Waals surface area contributed by atoms with Gasteiger partial charge in [0, 0.05) is 23.7 Å². The van der Waals surface area contributed by atoms with E-state index in [4.69, 9.17) is 16.0 Å². The molecule has 2 aromatic carbocycles. The molecule has 1 atom stereocenters. The van der Waals surface area contributed by atoms with Crippen LogP contribution in [-0.2, 0) is 10.3 Å². The predicted octanol–water partition coefficient (Wildman–Crippen LogP) is 4.17. The van der Waals surface area contributed by atoms with Crippen LogP contribution in [0.5, 0.6) is 0 Å². The van der Waals surface area contributed by atoms with Gasteiger partial charge < -0.3 is 14.2 Å². The number of carbonyl (C=O) groups excluding carboxylic acids is 2. The van der Waals surface area contributed by atoms with Crippen molar-refractivity contribution in [3.8, 4) is 0 Å². The first-order chi connectivity index (χ1) is 14.8. The molecule has 0 saturated carbocycles. The average Bonchev–Trinajstić information content (AvgIpc) is 3.13. The number of nitrogens with zero attached hydrogens (tertiary/aromatic N) is 2. The molecule has 0 aliphatic carbocycles. The summed E-state index contributed by atoms with van der Waals surface area (Å²) in [5.74, 6) is -0.747. The molecule has 0 N–H and O–H groups in total. The fourth-order valence-electron chi connectivity index (χ4n) is 4.89. The first-order valence-electron chi connectivity index (χ1n) is 10.3. The molecule has 1 aromatic heterocycles. The van der Waals surface area contributed by atoms with E-state index in [9.17, 15) is 14.4 Å². The fraction of sp³-hybridized carbons (Fsp3) is 0.292. The van der Waals surface area contributed by atoms with E-state index in [-0.39, 0.29) is 34.1 Å². The van der Waals surface area contributed by atoms with E-state index in [1.54, 1.807) is 17.0 Å². The number of hydrogen-bond acceptors (Lipinski definition) is 4. The molecule has 2 amide bonds. The quantitative estimate of drug-likeness (QED) is 0.617. The lowest BCUT2D eigenvalue weighted by molar-refractivity contribution is -0.126. The van der Waals surface area contributed by atoms with Crippen LogP contribution >= 0.6 is 11.6 Å². The van der Waals surface area contributed by atoms with E-state index >= 15 is 0 Å². The molecule has 3 heterocycles. The van der Waals surface area contributed by atoms with Crippen molar-refractivity contribution in [1.29, 1.82) is 0 Å². The van der Waals surface area contributed by atoms with E-state index in [2.05, 4.69) is 0 Å². The van der Waals surface area contributed by atoms with Gasteiger partial charge >= 0.3 is 0 Å². The third-order valence-corrected chi connectivity index (χ3v) is 6.30. The lowest BCUT2D eigenvalue weighted by Crippen LogP contribution is -2.54.